The highest BCUT2D eigenvalue weighted by molar-refractivity contribution is 5.96. The van der Waals surface area contributed by atoms with Crippen LogP contribution in [0.25, 0.3) is 11.2 Å². The van der Waals surface area contributed by atoms with Crippen molar-refractivity contribution in [2.75, 3.05) is 19.6 Å². The molecule has 0 saturated carbocycles. The number of fused-ring (bicyclic) bond motifs is 1. The summed E-state index contributed by atoms with van der Waals surface area (Å²) in [5.41, 5.74) is 3.18. The van der Waals surface area contributed by atoms with Crippen molar-refractivity contribution in [2.24, 2.45) is 5.92 Å². The third-order valence-corrected chi connectivity index (χ3v) is 5.96. The third kappa shape index (κ3) is 5.29. The molecule has 0 unspecified atom stereocenters. The van der Waals surface area contributed by atoms with E-state index in [9.17, 15) is 9.59 Å². The van der Waals surface area contributed by atoms with Crippen LogP contribution in [0.15, 0.2) is 48.9 Å². The zero-order valence-corrected chi connectivity index (χ0v) is 18.0. The van der Waals surface area contributed by atoms with Crippen LogP contribution in [0.3, 0.4) is 0 Å². The summed E-state index contributed by atoms with van der Waals surface area (Å²) in [4.78, 5) is 35.6. The first-order valence-electron chi connectivity index (χ1n) is 11.0. The van der Waals surface area contributed by atoms with Gasteiger partial charge in [0.25, 0.3) is 5.91 Å². The Morgan fingerprint density at radius 3 is 2.68 bits per heavy atom. The number of amides is 2. The number of imidazole rings is 1. The van der Waals surface area contributed by atoms with E-state index in [0.717, 1.165) is 44.5 Å². The maximum atomic E-state index is 12.5. The first-order valence-corrected chi connectivity index (χ1v) is 11.0. The van der Waals surface area contributed by atoms with Crippen molar-refractivity contribution in [1.29, 1.82) is 0 Å². The van der Waals surface area contributed by atoms with Crippen LogP contribution in [0.2, 0.25) is 0 Å². The molecule has 3 heterocycles. The second-order valence-electron chi connectivity index (χ2n) is 8.31. The van der Waals surface area contributed by atoms with Crippen molar-refractivity contribution in [3.8, 4) is 0 Å². The van der Waals surface area contributed by atoms with Crippen LogP contribution >= 0.6 is 0 Å². The highest BCUT2D eigenvalue weighted by Crippen LogP contribution is 2.16. The summed E-state index contributed by atoms with van der Waals surface area (Å²) in [5.74, 6) is 0.569. The molecule has 0 bridgehead atoms. The summed E-state index contributed by atoms with van der Waals surface area (Å²) in [6.45, 7) is 4.96. The van der Waals surface area contributed by atoms with Gasteiger partial charge in [-0.25, -0.2) is 9.97 Å². The molecule has 7 nitrogen and oxygen atoms in total. The Morgan fingerprint density at radius 2 is 1.90 bits per heavy atom. The molecule has 31 heavy (non-hydrogen) atoms. The zero-order chi connectivity index (χ0) is 21.6. The van der Waals surface area contributed by atoms with Crippen LogP contribution in [0, 0.1) is 5.92 Å². The number of likely N-dealkylation sites (tertiary alicyclic amines) is 1. The minimum Gasteiger partial charge on any atom is -0.351 e. The quantitative estimate of drug-likeness (QED) is 0.638. The van der Waals surface area contributed by atoms with Crippen molar-refractivity contribution in [2.45, 2.75) is 39.2 Å². The minimum absolute atomic E-state index is 0.109. The van der Waals surface area contributed by atoms with Gasteiger partial charge in [-0.15, -0.1) is 0 Å². The number of aromatic nitrogens is 3. The summed E-state index contributed by atoms with van der Waals surface area (Å²) in [6.07, 6.45) is 6.67. The summed E-state index contributed by atoms with van der Waals surface area (Å²) in [5, 5.41) is 2.83. The van der Waals surface area contributed by atoms with Gasteiger partial charge in [-0.2, -0.15) is 0 Å². The van der Waals surface area contributed by atoms with Gasteiger partial charge >= 0.3 is 0 Å². The van der Waals surface area contributed by atoms with E-state index < -0.39 is 0 Å². The largest absolute Gasteiger partial charge is 0.351 e. The van der Waals surface area contributed by atoms with Crippen molar-refractivity contribution >= 4 is 23.0 Å². The number of benzene rings is 1. The number of carbonyl (C=O) groups excluding carboxylic acids is 2. The standard InChI is InChI=1S/C24H29N5O2/c1-18-8-12-28(13-9-18)22(30)7-11-25-24(31)20-15-21-23(26-16-20)29(17-27-21)14-10-19-5-3-2-4-6-19/h2-6,15-18H,7-14H2,1H3,(H,25,31). The normalized spacial score (nSPS) is 14.7. The van der Waals surface area contributed by atoms with E-state index in [4.69, 9.17) is 0 Å². The number of carbonyl (C=O) groups is 2. The lowest BCUT2D eigenvalue weighted by molar-refractivity contribution is -0.132. The van der Waals surface area contributed by atoms with E-state index in [1.165, 1.54) is 5.56 Å². The first-order chi connectivity index (χ1) is 15.1. The monoisotopic (exact) mass is 419 g/mol. The summed E-state index contributed by atoms with van der Waals surface area (Å²) >= 11 is 0. The summed E-state index contributed by atoms with van der Waals surface area (Å²) < 4.78 is 2.00. The lowest BCUT2D eigenvalue weighted by atomic mass is 9.99. The highest BCUT2D eigenvalue weighted by atomic mass is 16.2. The summed E-state index contributed by atoms with van der Waals surface area (Å²) in [6, 6.07) is 12.0. The molecule has 2 aromatic heterocycles. The predicted octanol–water partition coefficient (Wildman–Crippen LogP) is 3.05. The van der Waals surface area contributed by atoms with E-state index in [-0.39, 0.29) is 11.8 Å². The Kier molecular flexibility index (Phi) is 6.60. The molecular formula is C24H29N5O2. The molecule has 1 saturated heterocycles. The molecule has 162 valence electrons. The molecule has 1 aromatic carbocycles. The molecule has 1 fully saturated rings. The molecular weight excluding hydrogens is 390 g/mol. The van der Waals surface area contributed by atoms with Gasteiger partial charge in [-0.1, -0.05) is 37.3 Å². The first kappa shape index (κ1) is 21.0. The second-order valence-corrected chi connectivity index (χ2v) is 8.31. The Bertz CT molecular complexity index is 1040. The molecule has 0 aliphatic carbocycles. The molecule has 3 aromatic rings. The number of nitrogens with one attached hydrogen (secondary N) is 1. The Labute approximate surface area is 182 Å². The number of piperidine rings is 1. The average molecular weight is 420 g/mol. The van der Waals surface area contributed by atoms with Gasteiger partial charge in [-0.05, 0) is 36.8 Å². The Balaban J connectivity index is 1.30. The fourth-order valence-electron chi connectivity index (χ4n) is 3.93. The molecule has 1 aliphatic heterocycles. The summed E-state index contributed by atoms with van der Waals surface area (Å²) in [7, 11) is 0. The number of rotatable bonds is 7. The van der Waals surface area contributed by atoms with Crippen LogP contribution in [0.5, 0.6) is 0 Å². The molecule has 7 heteroatoms. The topological polar surface area (TPSA) is 80.1 Å². The van der Waals surface area contributed by atoms with Gasteiger partial charge in [0.1, 0.15) is 5.52 Å². The van der Waals surface area contributed by atoms with Gasteiger partial charge in [0.2, 0.25) is 5.91 Å². The Morgan fingerprint density at radius 1 is 1.13 bits per heavy atom. The van der Waals surface area contributed by atoms with Gasteiger partial charge in [0, 0.05) is 38.8 Å². The van der Waals surface area contributed by atoms with E-state index in [1.807, 2.05) is 27.7 Å². The minimum atomic E-state index is -0.228. The van der Waals surface area contributed by atoms with E-state index in [1.54, 1.807) is 18.6 Å². The fourth-order valence-corrected chi connectivity index (χ4v) is 3.93. The zero-order valence-electron chi connectivity index (χ0n) is 18.0. The van der Waals surface area contributed by atoms with Crippen LogP contribution in [-0.2, 0) is 17.8 Å². The van der Waals surface area contributed by atoms with Gasteiger partial charge in [0.05, 0.1) is 11.9 Å². The van der Waals surface area contributed by atoms with E-state index in [2.05, 4.69) is 34.3 Å². The van der Waals surface area contributed by atoms with Gasteiger partial charge < -0.3 is 14.8 Å². The molecule has 1 aliphatic rings. The van der Waals surface area contributed by atoms with Crippen molar-refractivity contribution in [3.05, 3.63) is 60.0 Å². The molecule has 4 rings (SSSR count). The number of pyridine rings is 1. The number of aryl methyl sites for hydroxylation is 2. The average Bonchev–Trinajstić information content (AvgIpc) is 3.21. The van der Waals surface area contributed by atoms with Crippen molar-refractivity contribution < 1.29 is 9.59 Å². The third-order valence-electron chi connectivity index (χ3n) is 5.96. The van der Waals surface area contributed by atoms with Crippen LogP contribution < -0.4 is 5.32 Å². The SMILES string of the molecule is CC1CCN(C(=O)CCNC(=O)c2cnc3c(c2)ncn3CCc2ccccc2)CC1. The molecule has 1 N–H and O–H groups in total. The number of hydrogen-bond donors (Lipinski definition) is 1. The fraction of sp³-hybridized carbons (Fsp3) is 0.417. The second kappa shape index (κ2) is 9.73. The maximum Gasteiger partial charge on any atom is 0.252 e. The van der Waals surface area contributed by atoms with Crippen LogP contribution in [0.4, 0.5) is 0 Å². The highest BCUT2D eigenvalue weighted by Gasteiger charge is 2.20. The van der Waals surface area contributed by atoms with E-state index >= 15 is 0 Å². The molecule has 0 spiro atoms. The molecule has 2 amide bonds. The van der Waals surface area contributed by atoms with Gasteiger partial charge in [0.15, 0.2) is 5.65 Å². The predicted molar refractivity (Wildman–Crippen MR) is 120 cm³/mol. The van der Waals surface area contributed by atoms with Crippen molar-refractivity contribution in [1.82, 2.24) is 24.8 Å². The van der Waals surface area contributed by atoms with E-state index in [0.29, 0.717) is 30.0 Å². The number of nitrogens with zero attached hydrogens (tertiary/aromatic N) is 4. The lowest BCUT2D eigenvalue weighted by Gasteiger charge is -2.30. The van der Waals surface area contributed by atoms with Gasteiger partial charge in [-0.3, -0.25) is 9.59 Å². The number of hydrogen-bond acceptors (Lipinski definition) is 4. The Hall–Kier alpha value is -3.22. The smallest absolute Gasteiger partial charge is 0.252 e. The lowest BCUT2D eigenvalue weighted by Crippen LogP contribution is -2.39. The van der Waals surface area contributed by atoms with Crippen LogP contribution in [-0.4, -0.2) is 50.9 Å². The van der Waals surface area contributed by atoms with Crippen molar-refractivity contribution in [3.63, 3.8) is 0 Å². The van der Waals surface area contributed by atoms with Crippen LogP contribution in [0.1, 0.15) is 42.1 Å². The maximum absolute atomic E-state index is 12.5. The molecule has 0 radical (unpaired) electrons. The molecule has 0 atom stereocenters.